The maximum Gasteiger partial charge on any atom is 0.237 e. The molecule has 0 radical (unpaired) electrons. The Morgan fingerprint density at radius 1 is 1.06 bits per heavy atom. The second-order valence-electron chi connectivity index (χ2n) is 5.34. The summed E-state index contributed by atoms with van der Waals surface area (Å²) in [5.74, 6) is 0.167. The first-order valence-electron chi connectivity index (χ1n) is 6.55. The molecule has 1 N–H and O–H groups in total. The molecule has 4 nitrogen and oxygen atoms in total. The van der Waals surface area contributed by atoms with Gasteiger partial charge in [-0.1, -0.05) is 13.8 Å². The van der Waals surface area contributed by atoms with Crippen LogP contribution in [0.3, 0.4) is 0 Å². The van der Waals surface area contributed by atoms with Crippen LogP contribution in [0, 0.1) is 0 Å². The maximum atomic E-state index is 12.0. The molecule has 4 heteroatoms. The number of carbonyl (C=O) groups is 1. The number of amides is 1. The van der Waals surface area contributed by atoms with Gasteiger partial charge in [0.1, 0.15) is 0 Å². The van der Waals surface area contributed by atoms with Crippen molar-refractivity contribution in [2.24, 2.45) is 0 Å². The Morgan fingerprint density at radius 3 is 1.88 bits per heavy atom. The lowest BCUT2D eigenvalue weighted by Gasteiger charge is -2.38. The zero-order valence-corrected chi connectivity index (χ0v) is 12.4. The Kier molecular flexibility index (Phi) is 7.39. The van der Waals surface area contributed by atoms with Gasteiger partial charge in [0.2, 0.25) is 5.91 Å². The molecule has 0 atom stereocenters. The first kappa shape index (κ1) is 16.4. The van der Waals surface area contributed by atoms with E-state index in [4.69, 9.17) is 0 Å². The lowest BCUT2D eigenvalue weighted by atomic mass is 10.2. The average Bonchev–Trinajstić information content (AvgIpc) is 2.15. The minimum atomic E-state index is 0.167. The summed E-state index contributed by atoms with van der Waals surface area (Å²) in [4.78, 5) is 12.0. The summed E-state index contributed by atoms with van der Waals surface area (Å²) < 4.78 is 0. The van der Waals surface area contributed by atoms with E-state index in [2.05, 4.69) is 51.9 Å². The predicted molar refractivity (Wildman–Crippen MR) is 72.6 cm³/mol. The maximum absolute atomic E-state index is 12.0. The highest BCUT2D eigenvalue weighted by molar-refractivity contribution is 5.75. The van der Waals surface area contributed by atoms with Crippen molar-refractivity contribution < 1.29 is 4.79 Å². The lowest BCUT2D eigenvalue weighted by Crippen LogP contribution is -2.51. The third-order valence-electron chi connectivity index (χ3n) is 2.66. The Bertz CT molecular complexity index is 219. The molecule has 1 amide bonds. The van der Waals surface area contributed by atoms with Crippen LogP contribution in [0.4, 0.5) is 0 Å². The molecule has 0 bridgehead atoms. The van der Waals surface area contributed by atoms with Crippen molar-refractivity contribution in [3.05, 3.63) is 0 Å². The molecule has 0 rings (SSSR count). The van der Waals surface area contributed by atoms with Crippen LogP contribution < -0.4 is 5.32 Å². The Balaban J connectivity index is 4.26. The van der Waals surface area contributed by atoms with Gasteiger partial charge in [0.15, 0.2) is 0 Å². The minimum absolute atomic E-state index is 0.167. The van der Waals surface area contributed by atoms with Gasteiger partial charge in [0.25, 0.3) is 0 Å². The third-order valence-corrected chi connectivity index (χ3v) is 2.66. The van der Waals surface area contributed by atoms with Crippen LogP contribution in [0.2, 0.25) is 0 Å². The predicted octanol–water partition coefficient (Wildman–Crippen LogP) is 1.87. The molecule has 0 aromatic rings. The van der Waals surface area contributed by atoms with Crippen molar-refractivity contribution in [3.8, 4) is 0 Å². The normalized spacial score (nSPS) is 11.9. The fraction of sp³-hybridized carbons (Fsp3) is 0.923. The van der Waals surface area contributed by atoms with Crippen molar-refractivity contribution >= 4 is 5.91 Å². The fourth-order valence-electron chi connectivity index (χ4n) is 2.05. The molecule has 0 heterocycles. The smallest absolute Gasteiger partial charge is 0.237 e. The molecule has 0 aromatic heterocycles. The first-order chi connectivity index (χ1) is 7.77. The van der Waals surface area contributed by atoms with Crippen molar-refractivity contribution in [1.29, 1.82) is 0 Å². The van der Waals surface area contributed by atoms with Crippen LogP contribution >= 0.6 is 0 Å². The summed E-state index contributed by atoms with van der Waals surface area (Å²) in [7, 11) is 1.86. The number of nitrogens with one attached hydrogen (secondary N) is 1. The van der Waals surface area contributed by atoms with Gasteiger partial charge in [0.05, 0.1) is 0 Å². The van der Waals surface area contributed by atoms with E-state index in [1.807, 2.05) is 7.05 Å². The first-order valence-corrected chi connectivity index (χ1v) is 6.55. The van der Waals surface area contributed by atoms with E-state index in [9.17, 15) is 4.79 Å². The van der Waals surface area contributed by atoms with E-state index in [0.29, 0.717) is 24.5 Å². The van der Waals surface area contributed by atoms with Gasteiger partial charge in [0, 0.05) is 38.1 Å². The van der Waals surface area contributed by atoms with Crippen LogP contribution in [0.15, 0.2) is 0 Å². The van der Waals surface area contributed by atoms with E-state index in [0.717, 1.165) is 6.54 Å². The molecule has 0 unspecified atom stereocenters. The number of hydrazine groups is 1. The van der Waals surface area contributed by atoms with E-state index >= 15 is 0 Å². The third kappa shape index (κ3) is 6.03. The number of hydrogen-bond donors (Lipinski definition) is 1. The number of rotatable bonds is 7. The SMILES string of the molecule is CC(C)NCCC(=O)N(C)N(C(C)C)C(C)C. The highest BCUT2D eigenvalue weighted by Gasteiger charge is 2.22. The topological polar surface area (TPSA) is 35.6 Å². The molecule has 0 saturated heterocycles. The molecule has 17 heavy (non-hydrogen) atoms. The molecule has 102 valence electrons. The van der Waals surface area contributed by atoms with Gasteiger partial charge < -0.3 is 5.32 Å². The number of hydrogen-bond acceptors (Lipinski definition) is 3. The summed E-state index contributed by atoms with van der Waals surface area (Å²) >= 11 is 0. The monoisotopic (exact) mass is 243 g/mol. The largest absolute Gasteiger partial charge is 0.314 e. The summed E-state index contributed by atoms with van der Waals surface area (Å²) in [5, 5.41) is 7.13. The van der Waals surface area contributed by atoms with Gasteiger partial charge in [-0.25, -0.2) is 5.01 Å². The Hall–Kier alpha value is -0.610. The van der Waals surface area contributed by atoms with Crippen molar-refractivity contribution in [2.75, 3.05) is 13.6 Å². The van der Waals surface area contributed by atoms with Gasteiger partial charge in [-0.05, 0) is 27.7 Å². The molecule has 0 aromatic carbocycles. The van der Waals surface area contributed by atoms with E-state index in [-0.39, 0.29) is 5.91 Å². The highest BCUT2D eigenvalue weighted by atomic mass is 16.2. The molecule has 0 aliphatic heterocycles. The van der Waals surface area contributed by atoms with E-state index in [1.165, 1.54) is 0 Å². The molecule has 0 aliphatic carbocycles. The highest BCUT2D eigenvalue weighted by Crippen LogP contribution is 2.09. The van der Waals surface area contributed by atoms with Gasteiger partial charge in [-0.15, -0.1) is 0 Å². The Labute approximate surface area is 106 Å². The van der Waals surface area contributed by atoms with Crippen LogP contribution in [0.25, 0.3) is 0 Å². The number of nitrogens with zero attached hydrogens (tertiary/aromatic N) is 2. The standard InChI is InChI=1S/C13H29N3O/c1-10(2)14-9-8-13(17)15(7)16(11(3)4)12(5)6/h10-12,14H,8-9H2,1-7H3. The molecule has 0 fully saturated rings. The quantitative estimate of drug-likeness (QED) is 0.693. The number of carbonyl (C=O) groups excluding carboxylic acids is 1. The minimum Gasteiger partial charge on any atom is -0.314 e. The second-order valence-corrected chi connectivity index (χ2v) is 5.34. The van der Waals surface area contributed by atoms with Crippen molar-refractivity contribution in [2.45, 2.75) is 66.1 Å². The Morgan fingerprint density at radius 2 is 1.53 bits per heavy atom. The fourth-order valence-corrected chi connectivity index (χ4v) is 2.05. The molecule has 0 aliphatic rings. The van der Waals surface area contributed by atoms with Crippen LogP contribution in [0.1, 0.15) is 48.0 Å². The summed E-state index contributed by atoms with van der Waals surface area (Å²) in [5.41, 5.74) is 0. The molecular formula is C13H29N3O. The van der Waals surface area contributed by atoms with Crippen molar-refractivity contribution in [1.82, 2.24) is 15.3 Å². The summed E-state index contributed by atoms with van der Waals surface area (Å²) in [6.07, 6.45) is 0.546. The van der Waals surface area contributed by atoms with Crippen molar-refractivity contribution in [3.63, 3.8) is 0 Å². The van der Waals surface area contributed by atoms with Gasteiger partial charge in [-0.2, -0.15) is 0 Å². The van der Waals surface area contributed by atoms with E-state index < -0.39 is 0 Å². The van der Waals surface area contributed by atoms with Gasteiger partial charge in [-0.3, -0.25) is 9.80 Å². The van der Waals surface area contributed by atoms with E-state index in [1.54, 1.807) is 5.01 Å². The summed E-state index contributed by atoms with van der Waals surface area (Å²) in [6.45, 7) is 13.3. The average molecular weight is 243 g/mol. The lowest BCUT2D eigenvalue weighted by molar-refractivity contribution is -0.152. The molecule has 0 spiro atoms. The van der Waals surface area contributed by atoms with Crippen LogP contribution in [0.5, 0.6) is 0 Å². The zero-order valence-electron chi connectivity index (χ0n) is 12.4. The van der Waals surface area contributed by atoms with Crippen LogP contribution in [-0.2, 0) is 4.79 Å². The molecule has 0 saturated carbocycles. The molecular weight excluding hydrogens is 214 g/mol. The second kappa shape index (κ2) is 7.67. The summed E-state index contributed by atoms with van der Waals surface area (Å²) in [6, 6.07) is 1.10. The zero-order chi connectivity index (χ0) is 13.6. The van der Waals surface area contributed by atoms with Crippen LogP contribution in [-0.4, -0.2) is 47.6 Å². The van der Waals surface area contributed by atoms with Gasteiger partial charge >= 0.3 is 0 Å².